The summed E-state index contributed by atoms with van der Waals surface area (Å²) in [6, 6.07) is 0.706. The molecule has 0 bridgehead atoms. The third kappa shape index (κ3) is 5.94. The van der Waals surface area contributed by atoms with Gasteiger partial charge in [0.1, 0.15) is 0 Å². The summed E-state index contributed by atoms with van der Waals surface area (Å²) in [5.74, 6) is 2.74. The molecule has 1 aromatic rings. The Morgan fingerprint density at radius 3 is 2.70 bits per heavy atom. The predicted octanol–water partition coefficient (Wildman–Crippen LogP) is 1.74. The zero-order chi connectivity index (χ0) is 19.2. The number of amides is 1. The number of carbonyl (C=O) groups is 1. The lowest BCUT2D eigenvalue weighted by Gasteiger charge is -2.30. The molecule has 0 aliphatic heterocycles. The van der Waals surface area contributed by atoms with Crippen molar-refractivity contribution in [2.24, 2.45) is 10.9 Å². The Balaban J connectivity index is 1.41. The average molecular weight is 377 g/mol. The molecule has 0 radical (unpaired) electrons. The highest BCUT2D eigenvalue weighted by molar-refractivity contribution is 5.81. The lowest BCUT2D eigenvalue weighted by molar-refractivity contribution is -0.126. The van der Waals surface area contributed by atoms with Gasteiger partial charge in [0, 0.05) is 43.9 Å². The van der Waals surface area contributed by atoms with Crippen molar-refractivity contribution in [1.29, 1.82) is 0 Å². The Morgan fingerprint density at radius 1 is 1.22 bits per heavy atom. The van der Waals surface area contributed by atoms with Gasteiger partial charge in [0.05, 0.1) is 0 Å². The van der Waals surface area contributed by atoms with Gasteiger partial charge in [-0.2, -0.15) is 4.98 Å². The predicted molar refractivity (Wildman–Crippen MR) is 103 cm³/mol. The summed E-state index contributed by atoms with van der Waals surface area (Å²) in [5.41, 5.74) is 0. The van der Waals surface area contributed by atoms with Crippen molar-refractivity contribution < 1.29 is 9.32 Å². The first-order valence-corrected chi connectivity index (χ1v) is 10.1. The molecule has 1 aromatic heterocycles. The van der Waals surface area contributed by atoms with E-state index in [2.05, 4.69) is 31.1 Å². The molecule has 8 heteroatoms. The van der Waals surface area contributed by atoms with Gasteiger partial charge >= 0.3 is 0 Å². The fourth-order valence-corrected chi connectivity index (χ4v) is 3.39. The fourth-order valence-electron chi connectivity index (χ4n) is 3.39. The highest BCUT2D eigenvalue weighted by Gasteiger charge is 2.31. The number of hydrogen-bond acceptors (Lipinski definition) is 5. The molecule has 1 heterocycles. The third-order valence-corrected chi connectivity index (χ3v) is 5.16. The molecule has 2 fully saturated rings. The first kappa shape index (κ1) is 19.6. The van der Waals surface area contributed by atoms with Crippen molar-refractivity contribution in [3.8, 4) is 0 Å². The van der Waals surface area contributed by atoms with Crippen molar-refractivity contribution in [2.75, 3.05) is 13.6 Å². The van der Waals surface area contributed by atoms with Gasteiger partial charge < -0.3 is 20.5 Å². The largest absolute Gasteiger partial charge is 0.356 e. The van der Waals surface area contributed by atoms with Crippen molar-refractivity contribution in [3.05, 3.63) is 11.7 Å². The van der Waals surface area contributed by atoms with Crippen LogP contribution < -0.4 is 16.0 Å². The molecule has 2 aliphatic rings. The minimum atomic E-state index is 0.114. The summed E-state index contributed by atoms with van der Waals surface area (Å²) in [5, 5.41) is 13.9. The topological polar surface area (TPSA) is 104 Å². The molecular weight excluding hydrogens is 344 g/mol. The fraction of sp³-hybridized carbons (Fsp3) is 0.789. The number of nitrogens with one attached hydrogen (secondary N) is 3. The molecule has 1 amide bonds. The normalized spacial score (nSPS) is 23.3. The summed E-state index contributed by atoms with van der Waals surface area (Å²) in [6.45, 7) is 4.75. The zero-order valence-electron chi connectivity index (χ0n) is 16.6. The van der Waals surface area contributed by atoms with Crippen molar-refractivity contribution in [2.45, 2.75) is 76.8 Å². The molecule has 3 N–H and O–H groups in total. The van der Waals surface area contributed by atoms with Gasteiger partial charge in [-0.1, -0.05) is 25.4 Å². The van der Waals surface area contributed by atoms with Gasteiger partial charge in [-0.05, 0) is 32.1 Å². The van der Waals surface area contributed by atoms with E-state index in [0.29, 0.717) is 24.9 Å². The van der Waals surface area contributed by atoms with Crippen molar-refractivity contribution >= 4 is 11.9 Å². The number of nitrogens with zero attached hydrogens (tertiary/aromatic N) is 3. The minimum absolute atomic E-state index is 0.114. The number of hydrogen-bond donors (Lipinski definition) is 3. The van der Waals surface area contributed by atoms with Crippen LogP contribution in [0, 0.1) is 5.92 Å². The Bertz CT molecular complexity index is 652. The lowest BCUT2D eigenvalue weighted by Crippen LogP contribution is -2.47. The van der Waals surface area contributed by atoms with Crippen LogP contribution in [-0.2, 0) is 11.2 Å². The van der Waals surface area contributed by atoms with Crippen LogP contribution in [0.1, 0.15) is 70.0 Å². The van der Waals surface area contributed by atoms with E-state index >= 15 is 0 Å². The first-order chi connectivity index (χ1) is 13.0. The second kappa shape index (κ2) is 9.19. The van der Waals surface area contributed by atoms with Crippen LogP contribution in [0.2, 0.25) is 0 Å². The maximum atomic E-state index is 12.3. The maximum absolute atomic E-state index is 12.3. The van der Waals surface area contributed by atoms with Gasteiger partial charge in [-0.15, -0.1) is 0 Å². The summed E-state index contributed by atoms with van der Waals surface area (Å²) in [4.78, 5) is 21.0. The Hall–Kier alpha value is -2.12. The van der Waals surface area contributed by atoms with Gasteiger partial charge in [0.2, 0.25) is 11.8 Å². The van der Waals surface area contributed by atoms with Crippen LogP contribution >= 0.6 is 0 Å². The first-order valence-electron chi connectivity index (χ1n) is 10.1. The molecule has 0 spiro atoms. The van der Waals surface area contributed by atoms with E-state index in [1.807, 2.05) is 13.8 Å². The summed E-state index contributed by atoms with van der Waals surface area (Å²) < 4.78 is 5.26. The van der Waals surface area contributed by atoms with Gasteiger partial charge in [0.15, 0.2) is 11.8 Å². The number of carbonyl (C=O) groups excluding carboxylic acids is 1. The van der Waals surface area contributed by atoms with Gasteiger partial charge in [0.25, 0.3) is 0 Å². The van der Waals surface area contributed by atoms with Gasteiger partial charge in [-0.3, -0.25) is 9.79 Å². The number of rotatable bonds is 7. The highest BCUT2D eigenvalue weighted by atomic mass is 16.5. The number of aromatic nitrogens is 2. The van der Waals surface area contributed by atoms with E-state index in [4.69, 9.17) is 4.52 Å². The van der Waals surface area contributed by atoms with Crippen LogP contribution in [0.25, 0.3) is 0 Å². The van der Waals surface area contributed by atoms with Crippen LogP contribution in [0.4, 0.5) is 0 Å². The summed E-state index contributed by atoms with van der Waals surface area (Å²) in [6.07, 6.45) is 6.90. The van der Waals surface area contributed by atoms with Crippen molar-refractivity contribution in [1.82, 2.24) is 26.1 Å². The van der Waals surface area contributed by atoms with E-state index in [-0.39, 0.29) is 23.8 Å². The second-order valence-corrected chi connectivity index (χ2v) is 7.94. The number of aliphatic imine (C=N–C) groups is 1. The molecule has 8 nitrogen and oxygen atoms in total. The molecule has 2 unspecified atom stereocenters. The smallest absolute Gasteiger partial charge is 0.228 e. The van der Waals surface area contributed by atoms with E-state index in [1.54, 1.807) is 7.05 Å². The molecule has 0 saturated heterocycles. The van der Waals surface area contributed by atoms with E-state index < -0.39 is 0 Å². The van der Waals surface area contributed by atoms with Crippen LogP contribution in [0.15, 0.2) is 9.52 Å². The number of guanidine groups is 1. The van der Waals surface area contributed by atoms with Crippen LogP contribution in [0.5, 0.6) is 0 Å². The maximum Gasteiger partial charge on any atom is 0.228 e. The molecule has 150 valence electrons. The quantitative estimate of drug-likeness (QED) is 0.495. The Labute approximate surface area is 161 Å². The Kier molecular flexibility index (Phi) is 6.68. The molecule has 0 aromatic carbocycles. The van der Waals surface area contributed by atoms with E-state index in [0.717, 1.165) is 50.3 Å². The molecule has 2 atom stereocenters. The molecule has 2 aliphatic carbocycles. The monoisotopic (exact) mass is 376 g/mol. The molecular formula is C19H32N6O2. The summed E-state index contributed by atoms with van der Waals surface area (Å²) in [7, 11) is 1.76. The molecule has 27 heavy (non-hydrogen) atoms. The average Bonchev–Trinajstić information content (AvgIpc) is 3.34. The standard InChI is InChI=1S/C19H32N6O2/c1-12(2)17-24-16(27-25-17)9-10-21-19(20-3)23-15-6-4-5-13(11-15)18(26)22-14-7-8-14/h12-15H,4-11H2,1-3H3,(H,22,26)(H2,20,21,23). The Morgan fingerprint density at radius 2 is 2.04 bits per heavy atom. The van der Waals surface area contributed by atoms with Gasteiger partial charge in [-0.25, -0.2) is 0 Å². The lowest BCUT2D eigenvalue weighted by atomic mass is 9.85. The van der Waals surface area contributed by atoms with Crippen LogP contribution in [0.3, 0.4) is 0 Å². The summed E-state index contributed by atoms with van der Waals surface area (Å²) >= 11 is 0. The van der Waals surface area contributed by atoms with E-state index in [9.17, 15) is 4.79 Å². The van der Waals surface area contributed by atoms with Crippen molar-refractivity contribution in [3.63, 3.8) is 0 Å². The van der Waals surface area contributed by atoms with E-state index in [1.165, 1.54) is 0 Å². The molecule has 3 rings (SSSR count). The minimum Gasteiger partial charge on any atom is -0.356 e. The van der Waals surface area contributed by atoms with Crippen LogP contribution in [-0.4, -0.2) is 47.7 Å². The molecule has 2 saturated carbocycles. The second-order valence-electron chi connectivity index (χ2n) is 7.94. The SMILES string of the molecule is CN=C(NCCc1nc(C(C)C)no1)NC1CCCC(C(=O)NC2CC2)C1. The third-order valence-electron chi connectivity index (χ3n) is 5.16. The zero-order valence-corrected chi connectivity index (χ0v) is 16.6. The highest BCUT2D eigenvalue weighted by Crippen LogP contribution is 2.26.